The van der Waals surface area contributed by atoms with Crippen LogP contribution < -0.4 is 21.2 Å². The fourth-order valence-electron chi connectivity index (χ4n) is 2.97. The SMILES string of the molecule is CC(=NNC(=O)C(=O)Nc1ccc(C(N)=O)cc1)c1ccccc1OC(=O)c1ccccc1[N+](=O)[O-]. The lowest BCUT2D eigenvalue weighted by Crippen LogP contribution is -2.33. The van der Waals surface area contributed by atoms with Crippen LogP contribution in [0, 0.1) is 10.1 Å². The van der Waals surface area contributed by atoms with Crippen molar-refractivity contribution in [3.63, 3.8) is 0 Å². The molecule has 0 unspecified atom stereocenters. The predicted molar refractivity (Wildman–Crippen MR) is 128 cm³/mol. The van der Waals surface area contributed by atoms with Crippen molar-refractivity contribution in [1.29, 1.82) is 0 Å². The number of hydrazone groups is 1. The number of nitrogens with one attached hydrogen (secondary N) is 2. The normalized spacial score (nSPS) is 10.8. The molecule has 0 spiro atoms. The zero-order valence-electron chi connectivity index (χ0n) is 18.8. The van der Waals surface area contributed by atoms with Gasteiger partial charge in [0.25, 0.3) is 5.69 Å². The van der Waals surface area contributed by atoms with Gasteiger partial charge in [-0.25, -0.2) is 10.2 Å². The van der Waals surface area contributed by atoms with Crippen LogP contribution in [-0.2, 0) is 9.59 Å². The second-order valence-corrected chi connectivity index (χ2v) is 7.19. The van der Waals surface area contributed by atoms with Gasteiger partial charge in [0.15, 0.2) is 0 Å². The number of hydrogen-bond donors (Lipinski definition) is 3. The Morgan fingerprint density at radius 3 is 2.14 bits per heavy atom. The van der Waals surface area contributed by atoms with E-state index in [1.54, 1.807) is 18.2 Å². The molecule has 36 heavy (non-hydrogen) atoms. The number of benzene rings is 3. The van der Waals surface area contributed by atoms with E-state index in [4.69, 9.17) is 10.5 Å². The molecule has 4 N–H and O–H groups in total. The van der Waals surface area contributed by atoms with Crippen LogP contribution >= 0.6 is 0 Å². The van der Waals surface area contributed by atoms with E-state index in [1.807, 2.05) is 0 Å². The maximum absolute atomic E-state index is 12.6. The van der Waals surface area contributed by atoms with Gasteiger partial charge in [-0.05, 0) is 49.4 Å². The highest BCUT2D eigenvalue weighted by molar-refractivity contribution is 6.39. The first kappa shape index (κ1) is 25.2. The third-order valence-corrected chi connectivity index (χ3v) is 4.76. The molecular weight excluding hydrogens is 470 g/mol. The van der Waals surface area contributed by atoms with Gasteiger partial charge in [0.1, 0.15) is 11.3 Å². The highest BCUT2D eigenvalue weighted by Gasteiger charge is 2.22. The quantitative estimate of drug-likeness (QED) is 0.114. The smallest absolute Gasteiger partial charge is 0.350 e. The van der Waals surface area contributed by atoms with E-state index in [0.29, 0.717) is 5.56 Å². The number of nitrogens with zero attached hydrogens (tertiary/aromatic N) is 2. The van der Waals surface area contributed by atoms with Crippen LogP contribution in [0.4, 0.5) is 11.4 Å². The van der Waals surface area contributed by atoms with Gasteiger partial charge in [-0.1, -0.05) is 24.3 Å². The van der Waals surface area contributed by atoms with Crippen molar-refractivity contribution in [3.05, 3.63) is 99.6 Å². The van der Waals surface area contributed by atoms with Crippen LogP contribution in [0.2, 0.25) is 0 Å². The Balaban J connectivity index is 1.70. The maximum Gasteiger partial charge on any atom is 0.350 e. The molecule has 0 atom stereocenters. The molecule has 0 saturated carbocycles. The topological polar surface area (TPSA) is 183 Å². The molecule has 12 nitrogen and oxygen atoms in total. The number of primary amides is 1. The van der Waals surface area contributed by atoms with Crippen molar-refractivity contribution >= 4 is 40.8 Å². The Morgan fingerprint density at radius 1 is 0.889 bits per heavy atom. The van der Waals surface area contributed by atoms with Crippen molar-refractivity contribution in [1.82, 2.24) is 5.43 Å². The Hall–Kier alpha value is -5.39. The molecule has 3 aromatic rings. The molecule has 12 heteroatoms. The first-order valence-electron chi connectivity index (χ1n) is 10.3. The summed E-state index contributed by atoms with van der Waals surface area (Å²) in [5.41, 5.74) is 7.59. The molecule has 182 valence electrons. The van der Waals surface area contributed by atoms with E-state index in [-0.39, 0.29) is 28.3 Å². The Labute approximate surface area is 203 Å². The highest BCUT2D eigenvalue weighted by Crippen LogP contribution is 2.23. The van der Waals surface area contributed by atoms with E-state index in [2.05, 4.69) is 15.8 Å². The zero-order chi connectivity index (χ0) is 26.2. The number of esters is 1. The third kappa shape index (κ3) is 6.14. The fraction of sp³-hybridized carbons (Fsp3) is 0.0417. The van der Waals surface area contributed by atoms with Crippen molar-refractivity contribution in [2.75, 3.05) is 5.32 Å². The van der Waals surface area contributed by atoms with Crippen LogP contribution in [0.5, 0.6) is 5.75 Å². The van der Waals surface area contributed by atoms with Crippen molar-refractivity contribution in [2.45, 2.75) is 6.92 Å². The van der Waals surface area contributed by atoms with Crippen LogP contribution in [-0.4, -0.2) is 34.3 Å². The number of ether oxygens (including phenoxy) is 1. The van der Waals surface area contributed by atoms with Gasteiger partial charge in [-0.2, -0.15) is 5.10 Å². The summed E-state index contributed by atoms with van der Waals surface area (Å²) in [4.78, 5) is 58.5. The molecule has 0 radical (unpaired) electrons. The minimum absolute atomic E-state index is 0.0372. The lowest BCUT2D eigenvalue weighted by atomic mass is 10.1. The minimum atomic E-state index is -1.08. The molecule has 0 fully saturated rings. The van der Waals surface area contributed by atoms with E-state index >= 15 is 0 Å². The van der Waals surface area contributed by atoms with Crippen LogP contribution in [0.25, 0.3) is 0 Å². The van der Waals surface area contributed by atoms with E-state index in [1.165, 1.54) is 61.5 Å². The summed E-state index contributed by atoms with van der Waals surface area (Å²) in [7, 11) is 0. The summed E-state index contributed by atoms with van der Waals surface area (Å²) in [6.07, 6.45) is 0. The molecule has 0 aliphatic carbocycles. The number of nitro benzene ring substituents is 1. The Morgan fingerprint density at radius 2 is 1.50 bits per heavy atom. The summed E-state index contributed by atoms with van der Waals surface area (Å²) >= 11 is 0. The summed E-state index contributed by atoms with van der Waals surface area (Å²) in [6, 6.07) is 17.1. The molecule has 0 heterocycles. The van der Waals surface area contributed by atoms with Gasteiger partial charge < -0.3 is 15.8 Å². The Bertz CT molecular complexity index is 1380. The molecule has 0 aromatic heterocycles. The molecule has 3 rings (SSSR count). The van der Waals surface area contributed by atoms with Gasteiger partial charge in [-0.3, -0.25) is 24.5 Å². The van der Waals surface area contributed by atoms with Crippen LogP contribution in [0.15, 0.2) is 77.9 Å². The third-order valence-electron chi connectivity index (χ3n) is 4.76. The number of nitrogens with two attached hydrogens (primary N) is 1. The number of carbonyl (C=O) groups excluding carboxylic acids is 4. The fourth-order valence-corrected chi connectivity index (χ4v) is 2.97. The maximum atomic E-state index is 12.6. The second-order valence-electron chi connectivity index (χ2n) is 7.19. The molecule has 0 aliphatic rings. The number of rotatable bonds is 7. The van der Waals surface area contributed by atoms with Crippen molar-refractivity contribution in [3.8, 4) is 5.75 Å². The van der Waals surface area contributed by atoms with Crippen LogP contribution in [0.1, 0.15) is 33.2 Å². The molecule has 3 aromatic carbocycles. The van der Waals surface area contributed by atoms with Crippen LogP contribution in [0.3, 0.4) is 0 Å². The number of carbonyl (C=O) groups is 4. The lowest BCUT2D eigenvalue weighted by Gasteiger charge is -2.10. The molecule has 0 bridgehead atoms. The number of amides is 3. The summed E-state index contributed by atoms with van der Waals surface area (Å²) < 4.78 is 5.35. The minimum Gasteiger partial charge on any atom is -0.422 e. The number of hydrogen-bond acceptors (Lipinski definition) is 8. The molecular formula is C24H19N5O7. The summed E-state index contributed by atoms with van der Waals surface area (Å²) in [5.74, 6) is -3.65. The van der Waals surface area contributed by atoms with Gasteiger partial charge in [0.05, 0.1) is 10.6 Å². The molecule has 0 saturated heterocycles. The van der Waals surface area contributed by atoms with Gasteiger partial charge in [0.2, 0.25) is 5.91 Å². The summed E-state index contributed by atoms with van der Waals surface area (Å²) in [6.45, 7) is 1.50. The molecule has 3 amide bonds. The monoisotopic (exact) mass is 489 g/mol. The van der Waals surface area contributed by atoms with Gasteiger partial charge in [0, 0.05) is 22.9 Å². The number of anilines is 1. The number of nitro groups is 1. The average molecular weight is 489 g/mol. The first-order valence-corrected chi connectivity index (χ1v) is 10.3. The largest absolute Gasteiger partial charge is 0.422 e. The average Bonchev–Trinajstić information content (AvgIpc) is 2.87. The van der Waals surface area contributed by atoms with Crippen molar-refractivity contribution < 1.29 is 28.8 Å². The summed E-state index contributed by atoms with van der Waals surface area (Å²) in [5, 5.41) is 17.4. The lowest BCUT2D eigenvalue weighted by molar-refractivity contribution is -0.385. The highest BCUT2D eigenvalue weighted by atomic mass is 16.6. The first-order chi connectivity index (χ1) is 17.2. The van der Waals surface area contributed by atoms with Crippen molar-refractivity contribution in [2.24, 2.45) is 10.8 Å². The van der Waals surface area contributed by atoms with E-state index in [9.17, 15) is 29.3 Å². The van der Waals surface area contributed by atoms with E-state index < -0.39 is 34.3 Å². The Kier molecular flexibility index (Phi) is 7.82. The van der Waals surface area contributed by atoms with Gasteiger partial charge >= 0.3 is 17.8 Å². The second kappa shape index (κ2) is 11.2. The van der Waals surface area contributed by atoms with E-state index in [0.717, 1.165) is 0 Å². The zero-order valence-corrected chi connectivity index (χ0v) is 18.8. The predicted octanol–water partition coefficient (Wildman–Crippen LogP) is 2.39. The standard InChI is InChI=1S/C24H19N5O7/c1-14(27-28-23(32)22(31)26-16-12-10-15(11-13-16)21(25)30)17-6-3-5-9-20(17)36-24(33)18-7-2-4-8-19(18)29(34)35/h2-13H,1H3,(H2,25,30)(H,26,31)(H,28,32). The van der Waals surface area contributed by atoms with Gasteiger partial charge in [-0.15, -0.1) is 0 Å². The number of para-hydroxylation sites is 2. The molecule has 0 aliphatic heterocycles.